The Kier molecular flexibility index (Phi) is 4.50. The summed E-state index contributed by atoms with van der Waals surface area (Å²) in [5, 5.41) is 12.9. The van der Waals surface area contributed by atoms with Crippen LogP contribution in [0.15, 0.2) is 0 Å². The van der Waals surface area contributed by atoms with Crippen molar-refractivity contribution in [2.75, 3.05) is 39.3 Å². The highest BCUT2D eigenvalue weighted by atomic mass is 16.3. The fourth-order valence-electron chi connectivity index (χ4n) is 5.11. The second-order valence-electron chi connectivity index (χ2n) is 8.42. The molecule has 0 aromatic rings. The summed E-state index contributed by atoms with van der Waals surface area (Å²) in [7, 11) is 0. The predicted octanol–water partition coefficient (Wildman–Crippen LogP) is -0.603. The van der Waals surface area contributed by atoms with Crippen molar-refractivity contribution in [2.45, 2.75) is 62.8 Å². The van der Waals surface area contributed by atoms with E-state index < -0.39 is 0 Å². The number of β-amino-alcohol motifs (C(OH)–C–C–N with tert-alkyl or cyclic N) is 1. The number of nitrogens with one attached hydrogen (secondary N) is 1. The Labute approximate surface area is 149 Å². The number of amides is 2. The Hall–Kier alpha value is -1.18. The fraction of sp³-hybridized carbons (Fsp3) is 0.889. The summed E-state index contributed by atoms with van der Waals surface area (Å²) in [6.07, 6.45) is 4.81. The van der Waals surface area contributed by atoms with Crippen molar-refractivity contribution in [1.29, 1.82) is 0 Å². The number of hydrogen-bond acceptors (Lipinski definition) is 5. The van der Waals surface area contributed by atoms with Crippen molar-refractivity contribution in [2.24, 2.45) is 0 Å². The number of aliphatic hydroxyl groups is 1. The third-order valence-corrected chi connectivity index (χ3v) is 6.57. The van der Waals surface area contributed by atoms with Crippen LogP contribution in [0.3, 0.4) is 0 Å². The van der Waals surface area contributed by atoms with Gasteiger partial charge in [-0.25, -0.2) is 0 Å². The van der Waals surface area contributed by atoms with Gasteiger partial charge in [0.15, 0.2) is 0 Å². The number of hydrogen-bond donors (Lipinski definition) is 2. The molecule has 1 saturated carbocycles. The van der Waals surface area contributed by atoms with Crippen LogP contribution < -0.4 is 5.32 Å². The van der Waals surface area contributed by atoms with Gasteiger partial charge in [-0.15, -0.1) is 0 Å². The Morgan fingerprint density at radius 3 is 2.56 bits per heavy atom. The van der Waals surface area contributed by atoms with Gasteiger partial charge in [-0.1, -0.05) is 6.42 Å². The number of piperazine rings is 1. The average Bonchev–Trinajstić information content (AvgIpc) is 2.83. The summed E-state index contributed by atoms with van der Waals surface area (Å²) in [6.45, 7) is 6.15. The monoisotopic (exact) mass is 350 g/mol. The number of nitrogens with zero attached hydrogens (tertiary/aromatic N) is 3. The van der Waals surface area contributed by atoms with E-state index in [-0.39, 0.29) is 29.5 Å². The quantitative estimate of drug-likeness (QED) is 0.708. The highest BCUT2D eigenvalue weighted by molar-refractivity contribution is 5.78. The molecule has 0 radical (unpaired) electrons. The van der Waals surface area contributed by atoms with Crippen molar-refractivity contribution >= 4 is 11.8 Å². The maximum Gasteiger partial charge on any atom is 0.224 e. The fourth-order valence-corrected chi connectivity index (χ4v) is 5.11. The second kappa shape index (κ2) is 6.52. The molecular weight excluding hydrogens is 320 g/mol. The topological polar surface area (TPSA) is 76.1 Å². The van der Waals surface area contributed by atoms with Crippen LogP contribution in [0.4, 0.5) is 0 Å². The van der Waals surface area contributed by atoms with Gasteiger partial charge in [0.2, 0.25) is 11.8 Å². The Morgan fingerprint density at radius 1 is 1.16 bits per heavy atom. The number of likely N-dealkylation sites (tertiary alicyclic amines) is 1. The van der Waals surface area contributed by atoms with Crippen molar-refractivity contribution in [1.82, 2.24) is 20.0 Å². The normalized spacial score (nSPS) is 32.2. The van der Waals surface area contributed by atoms with Crippen LogP contribution in [0.25, 0.3) is 0 Å². The zero-order valence-corrected chi connectivity index (χ0v) is 15.1. The number of aliphatic hydroxyl groups excluding tert-OH is 1. The van der Waals surface area contributed by atoms with Gasteiger partial charge in [0.25, 0.3) is 0 Å². The first kappa shape index (κ1) is 17.2. The van der Waals surface area contributed by atoms with Crippen molar-refractivity contribution in [3.63, 3.8) is 0 Å². The van der Waals surface area contributed by atoms with E-state index >= 15 is 0 Å². The van der Waals surface area contributed by atoms with Crippen LogP contribution in [0.5, 0.6) is 0 Å². The zero-order chi connectivity index (χ0) is 17.6. The maximum absolute atomic E-state index is 12.6. The first-order valence-electron chi connectivity index (χ1n) is 9.68. The Morgan fingerprint density at radius 2 is 1.92 bits per heavy atom. The molecule has 2 atom stereocenters. The Balaban J connectivity index is 1.41. The summed E-state index contributed by atoms with van der Waals surface area (Å²) in [5.41, 5.74) is 0.0274. The lowest BCUT2D eigenvalue weighted by molar-refractivity contribution is -0.156. The third-order valence-electron chi connectivity index (χ3n) is 6.57. The molecule has 4 aliphatic rings. The summed E-state index contributed by atoms with van der Waals surface area (Å²) in [5.74, 6) is 0.0272. The van der Waals surface area contributed by atoms with Crippen LogP contribution in [0.2, 0.25) is 0 Å². The molecule has 0 bridgehead atoms. The van der Waals surface area contributed by atoms with E-state index in [1.165, 1.54) is 26.2 Å². The molecule has 1 spiro atoms. The predicted molar refractivity (Wildman–Crippen MR) is 92.9 cm³/mol. The van der Waals surface area contributed by atoms with Crippen LogP contribution >= 0.6 is 0 Å². The molecule has 2 N–H and O–H groups in total. The first-order valence-corrected chi connectivity index (χ1v) is 9.68. The maximum atomic E-state index is 12.6. The molecule has 1 aliphatic carbocycles. The minimum absolute atomic E-state index is 0.0274. The molecule has 4 rings (SSSR count). The van der Waals surface area contributed by atoms with Crippen molar-refractivity contribution in [3.8, 4) is 0 Å². The van der Waals surface area contributed by atoms with Gasteiger partial charge in [-0.3, -0.25) is 19.4 Å². The molecule has 2 amide bonds. The number of carbonyl (C=O) groups excluding carboxylic acids is 2. The van der Waals surface area contributed by atoms with E-state index in [2.05, 4.69) is 15.1 Å². The lowest BCUT2D eigenvalue weighted by Gasteiger charge is -2.63. The summed E-state index contributed by atoms with van der Waals surface area (Å²) in [4.78, 5) is 30.7. The van der Waals surface area contributed by atoms with Crippen LogP contribution in [-0.2, 0) is 9.59 Å². The minimum atomic E-state index is -0.269. The lowest BCUT2D eigenvalue weighted by atomic mass is 9.79. The van der Waals surface area contributed by atoms with E-state index in [0.717, 1.165) is 38.6 Å². The number of rotatable bonds is 4. The molecule has 0 aromatic heterocycles. The van der Waals surface area contributed by atoms with Crippen molar-refractivity contribution < 1.29 is 14.7 Å². The van der Waals surface area contributed by atoms with E-state index in [4.69, 9.17) is 0 Å². The van der Waals surface area contributed by atoms with Gasteiger partial charge in [-0.05, 0) is 19.3 Å². The number of carbonyl (C=O) groups is 2. The SMILES string of the molecule is CC(=O)NCCC(=O)N1C[C@H]2C[C@@H](O)CN2C2(C1)CN(C1CCC1)C2. The van der Waals surface area contributed by atoms with Crippen molar-refractivity contribution in [3.05, 3.63) is 0 Å². The van der Waals surface area contributed by atoms with E-state index in [1.54, 1.807) is 0 Å². The van der Waals surface area contributed by atoms with Gasteiger partial charge < -0.3 is 15.3 Å². The molecule has 0 aromatic carbocycles. The minimum Gasteiger partial charge on any atom is -0.392 e. The highest BCUT2D eigenvalue weighted by Gasteiger charge is 2.57. The molecule has 4 fully saturated rings. The molecule has 3 aliphatic heterocycles. The Bertz CT molecular complexity index is 544. The third kappa shape index (κ3) is 3.17. The molecule has 0 unspecified atom stereocenters. The zero-order valence-electron chi connectivity index (χ0n) is 15.1. The van der Waals surface area contributed by atoms with Gasteiger partial charge >= 0.3 is 0 Å². The van der Waals surface area contributed by atoms with Gasteiger partial charge in [0.1, 0.15) is 0 Å². The van der Waals surface area contributed by atoms with Crippen LogP contribution in [0, 0.1) is 0 Å². The molecule has 140 valence electrons. The van der Waals surface area contributed by atoms with E-state index in [1.807, 2.05) is 4.90 Å². The van der Waals surface area contributed by atoms with Crippen LogP contribution in [0.1, 0.15) is 39.0 Å². The lowest BCUT2D eigenvalue weighted by Crippen LogP contribution is -2.79. The molecule has 3 heterocycles. The van der Waals surface area contributed by atoms with Crippen LogP contribution in [-0.4, -0.2) is 94.6 Å². The summed E-state index contributed by atoms with van der Waals surface area (Å²) < 4.78 is 0. The number of fused-ring (bicyclic) bond motifs is 2. The molecule has 7 nitrogen and oxygen atoms in total. The molecule has 3 saturated heterocycles. The summed E-state index contributed by atoms with van der Waals surface area (Å²) >= 11 is 0. The standard InChI is InChI=1S/C18H30N4O3/c1-13(23)19-6-5-17(25)20-8-15-7-16(24)9-22(15)18(10-20)11-21(12-18)14-3-2-4-14/h14-16,24H,2-12H2,1H3,(H,19,23)/t15-,16-/m1/s1. The first-order chi connectivity index (χ1) is 12.0. The van der Waals surface area contributed by atoms with Gasteiger partial charge in [-0.2, -0.15) is 0 Å². The van der Waals surface area contributed by atoms with E-state index in [9.17, 15) is 14.7 Å². The second-order valence-corrected chi connectivity index (χ2v) is 8.42. The smallest absolute Gasteiger partial charge is 0.224 e. The summed E-state index contributed by atoms with van der Waals surface area (Å²) in [6, 6.07) is 1.01. The highest BCUT2D eigenvalue weighted by Crippen LogP contribution is 2.42. The largest absolute Gasteiger partial charge is 0.392 e. The van der Waals surface area contributed by atoms with Gasteiger partial charge in [0, 0.05) is 64.7 Å². The average molecular weight is 350 g/mol. The molecule has 25 heavy (non-hydrogen) atoms. The van der Waals surface area contributed by atoms with E-state index in [0.29, 0.717) is 19.5 Å². The molecule has 7 heteroatoms. The van der Waals surface area contributed by atoms with Gasteiger partial charge in [0.05, 0.1) is 11.6 Å². The molecular formula is C18H30N4O3.